The lowest BCUT2D eigenvalue weighted by Crippen LogP contribution is -2.57. The van der Waals surface area contributed by atoms with E-state index in [0.717, 1.165) is 13.1 Å². The van der Waals surface area contributed by atoms with E-state index in [1.54, 1.807) is 0 Å². The van der Waals surface area contributed by atoms with Gasteiger partial charge in [0, 0.05) is 26.2 Å². The lowest BCUT2D eigenvalue weighted by atomic mass is 10.1. The van der Waals surface area contributed by atoms with Gasteiger partial charge in [-0.25, -0.2) is 14.4 Å². The van der Waals surface area contributed by atoms with Gasteiger partial charge in [-0.3, -0.25) is 0 Å². The van der Waals surface area contributed by atoms with Crippen molar-refractivity contribution in [3.8, 4) is 0 Å². The van der Waals surface area contributed by atoms with Crippen LogP contribution in [0.25, 0.3) is 0 Å². The molecule has 5 nitrogen and oxygen atoms in total. The molecule has 0 aromatic carbocycles. The van der Waals surface area contributed by atoms with Crippen molar-refractivity contribution >= 4 is 5.82 Å². The van der Waals surface area contributed by atoms with E-state index in [4.69, 9.17) is 4.74 Å². The van der Waals surface area contributed by atoms with E-state index in [-0.39, 0.29) is 12.4 Å². The van der Waals surface area contributed by atoms with Crippen molar-refractivity contribution < 1.29 is 9.13 Å². The molecule has 0 amide bonds. The van der Waals surface area contributed by atoms with Crippen LogP contribution in [-0.2, 0) is 11.3 Å². The van der Waals surface area contributed by atoms with Gasteiger partial charge in [0.05, 0.1) is 6.61 Å². The maximum Gasteiger partial charge on any atom is 0.189 e. The maximum absolute atomic E-state index is 13.9. The van der Waals surface area contributed by atoms with Crippen molar-refractivity contribution in [1.82, 2.24) is 15.3 Å². The fraction of sp³-hybridized carbons (Fsp3) is 0.600. The van der Waals surface area contributed by atoms with Crippen molar-refractivity contribution in [2.24, 2.45) is 0 Å². The Morgan fingerprint density at radius 1 is 1.56 bits per heavy atom. The quantitative estimate of drug-likeness (QED) is 0.793. The third-order valence-electron chi connectivity index (χ3n) is 2.71. The first-order chi connectivity index (χ1) is 7.76. The highest BCUT2D eigenvalue weighted by atomic mass is 19.1. The van der Waals surface area contributed by atoms with Crippen LogP contribution in [0.3, 0.4) is 0 Å². The van der Waals surface area contributed by atoms with Gasteiger partial charge in [0.15, 0.2) is 11.6 Å². The normalized spacial score (nSPS) is 16.3. The molecular weight excluding hydrogens is 211 g/mol. The molecule has 1 aromatic rings. The molecule has 1 aromatic heterocycles. The minimum atomic E-state index is -0.376. The van der Waals surface area contributed by atoms with Crippen molar-refractivity contribution in [3.05, 3.63) is 17.8 Å². The molecule has 16 heavy (non-hydrogen) atoms. The minimum Gasteiger partial charge on any atom is -0.378 e. The zero-order valence-electron chi connectivity index (χ0n) is 9.40. The van der Waals surface area contributed by atoms with Crippen LogP contribution in [0, 0.1) is 5.82 Å². The summed E-state index contributed by atoms with van der Waals surface area (Å²) in [5.74, 6) is -0.00699. The molecule has 1 fully saturated rings. The average molecular weight is 226 g/mol. The Hall–Kier alpha value is -1.27. The Kier molecular flexibility index (Phi) is 3.31. The molecule has 0 saturated carbocycles. The van der Waals surface area contributed by atoms with Crippen LogP contribution in [0.2, 0.25) is 0 Å². The summed E-state index contributed by atoms with van der Waals surface area (Å²) >= 11 is 0. The number of nitrogens with one attached hydrogen (secondary N) is 1. The van der Waals surface area contributed by atoms with E-state index in [0.29, 0.717) is 17.6 Å². The highest BCUT2D eigenvalue weighted by Crippen LogP contribution is 2.22. The molecule has 1 N–H and O–H groups in total. The number of aromatic nitrogens is 2. The number of hydrogen-bond acceptors (Lipinski definition) is 5. The maximum atomic E-state index is 13.9. The summed E-state index contributed by atoms with van der Waals surface area (Å²) in [6.45, 7) is 1.72. The van der Waals surface area contributed by atoms with Crippen molar-refractivity contribution in [1.29, 1.82) is 0 Å². The summed E-state index contributed by atoms with van der Waals surface area (Å²) in [5, 5.41) is 3.13. The molecule has 88 valence electrons. The Bertz CT molecular complexity index is 368. The second-order valence-electron chi connectivity index (χ2n) is 3.78. The van der Waals surface area contributed by atoms with Crippen LogP contribution in [0.4, 0.5) is 10.2 Å². The second kappa shape index (κ2) is 4.71. The van der Waals surface area contributed by atoms with E-state index >= 15 is 0 Å². The SMILES string of the molecule is CNC1CN(c2ncnc(COC)c2F)C1. The van der Waals surface area contributed by atoms with E-state index in [1.165, 1.54) is 13.4 Å². The predicted octanol–water partition coefficient (Wildman–Crippen LogP) is 0.170. The van der Waals surface area contributed by atoms with Crippen LogP contribution in [-0.4, -0.2) is 43.3 Å². The van der Waals surface area contributed by atoms with Gasteiger partial charge in [0.1, 0.15) is 12.0 Å². The number of hydrogen-bond donors (Lipinski definition) is 1. The van der Waals surface area contributed by atoms with Crippen molar-refractivity contribution in [2.45, 2.75) is 12.6 Å². The summed E-state index contributed by atoms with van der Waals surface area (Å²) in [7, 11) is 3.41. The standard InChI is InChI=1S/C10H15FN4O/c1-12-7-3-15(4-7)10-9(11)8(5-16-2)13-6-14-10/h6-7,12H,3-5H2,1-2H3. The molecule has 2 heterocycles. The second-order valence-corrected chi connectivity index (χ2v) is 3.78. The molecular formula is C10H15FN4O. The van der Waals surface area contributed by atoms with Crippen LogP contribution >= 0.6 is 0 Å². The zero-order valence-corrected chi connectivity index (χ0v) is 9.40. The zero-order chi connectivity index (χ0) is 11.5. The summed E-state index contributed by atoms with van der Waals surface area (Å²) in [5.41, 5.74) is 0.306. The lowest BCUT2D eigenvalue weighted by Gasteiger charge is -2.39. The number of anilines is 1. The first-order valence-corrected chi connectivity index (χ1v) is 5.16. The van der Waals surface area contributed by atoms with Gasteiger partial charge in [-0.15, -0.1) is 0 Å². The average Bonchev–Trinajstić information content (AvgIpc) is 2.22. The summed E-state index contributed by atoms with van der Waals surface area (Å²) < 4.78 is 18.8. The van der Waals surface area contributed by atoms with Gasteiger partial charge >= 0.3 is 0 Å². The Morgan fingerprint density at radius 2 is 2.31 bits per heavy atom. The number of methoxy groups -OCH3 is 1. The number of likely N-dealkylation sites (N-methyl/N-ethyl adjacent to an activating group) is 1. The smallest absolute Gasteiger partial charge is 0.189 e. The van der Waals surface area contributed by atoms with E-state index < -0.39 is 0 Å². The number of ether oxygens (including phenoxy) is 1. The van der Waals surface area contributed by atoms with Gasteiger partial charge < -0.3 is 15.0 Å². The molecule has 1 aliphatic heterocycles. The van der Waals surface area contributed by atoms with Crippen LogP contribution < -0.4 is 10.2 Å². The molecule has 1 aliphatic rings. The molecule has 0 spiro atoms. The number of rotatable bonds is 4. The van der Waals surface area contributed by atoms with E-state index in [1.807, 2.05) is 11.9 Å². The lowest BCUT2D eigenvalue weighted by molar-refractivity contribution is 0.177. The number of halogens is 1. The highest BCUT2D eigenvalue weighted by Gasteiger charge is 2.29. The molecule has 0 atom stereocenters. The van der Waals surface area contributed by atoms with E-state index in [2.05, 4.69) is 15.3 Å². The molecule has 0 radical (unpaired) electrons. The molecule has 0 aliphatic carbocycles. The molecule has 2 rings (SSSR count). The van der Waals surface area contributed by atoms with Gasteiger partial charge in [-0.05, 0) is 7.05 Å². The Balaban J connectivity index is 2.13. The monoisotopic (exact) mass is 226 g/mol. The van der Waals surface area contributed by atoms with Crippen molar-refractivity contribution in [2.75, 3.05) is 32.1 Å². The van der Waals surface area contributed by atoms with Crippen LogP contribution in [0.15, 0.2) is 6.33 Å². The largest absolute Gasteiger partial charge is 0.378 e. The van der Waals surface area contributed by atoms with Crippen LogP contribution in [0.1, 0.15) is 5.69 Å². The van der Waals surface area contributed by atoms with Gasteiger partial charge in [-0.2, -0.15) is 0 Å². The predicted molar refractivity (Wildman–Crippen MR) is 57.8 cm³/mol. The Labute approximate surface area is 93.6 Å². The number of nitrogens with zero attached hydrogens (tertiary/aromatic N) is 3. The van der Waals surface area contributed by atoms with Gasteiger partial charge in [0.25, 0.3) is 0 Å². The van der Waals surface area contributed by atoms with E-state index in [9.17, 15) is 4.39 Å². The molecule has 1 saturated heterocycles. The molecule has 0 bridgehead atoms. The molecule has 6 heteroatoms. The van der Waals surface area contributed by atoms with Gasteiger partial charge in [0.2, 0.25) is 0 Å². The fourth-order valence-corrected chi connectivity index (χ4v) is 1.69. The topological polar surface area (TPSA) is 50.3 Å². The fourth-order valence-electron chi connectivity index (χ4n) is 1.69. The minimum absolute atomic E-state index is 0.171. The third kappa shape index (κ3) is 1.98. The summed E-state index contributed by atoms with van der Waals surface area (Å²) in [4.78, 5) is 9.71. The van der Waals surface area contributed by atoms with Crippen molar-refractivity contribution in [3.63, 3.8) is 0 Å². The summed E-state index contributed by atoms with van der Waals surface area (Å²) in [6, 6.07) is 0.417. The molecule has 0 unspecified atom stereocenters. The van der Waals surface area contributed by atoms with Gasteiger partial charge in [-0.1, -0.05) is 0 Å². The third-order valence-corrected chi connectivity index (χ3v) is 2.71. The summed E-state index contributed by atoms with van der Waals surface area (Å²) in [6.07, 6.45) is 1.37. The first-order valence-electron chi connectivity index (χ1n) is 5.16. The highest BCUT2D eigenvalue weighted by molar-refractivity contribution is 5.44. The van der Waals surface area contributed by atoms with Crippen LogP contribution in [0.5, 0.6) is 0 Å². The first kappa shape index (κ1) is 11.2. The Morgan fingerprint density at radius 3 is 2.94 bits per heavy atom.